The highest BCUT2D eigenvalue weighted by atomic mass is 79.9. The van der Waals surface area contributed by atoms with Gasteiger partial charge in [-0.15, -0.1) is 0 Å². The van der Waals surface area contributed by atoms with Crippen molar-refractivity contribution in [2.45, 2.75) is 6.92 Å². The first-order valence-corrected chi connectivity index (χ1v) is 10.7. The number of ether oxygens (including phenoxy) is 1. The Morgan fingerprint density at radius 1 is 1.15 bits per heavy atom. The Labute approximate surface area is 197 Å². The third-order valence-electron chi connectivity index (χ3n) is 4.77. The number of nitriles is 1. The third-order valence-corrected chi connectivity index (χ3v) is 5.26. The van der Waals surface area contributed by atoms with Crippen molar-refractivity contribution >= 4 is 39.2 Å². The SMILES string of the molecule is Cc1ccccc1Oc1nc2ccccn2c(=O)c1/C=C(/C#N)C(=O)Nc1cccc(Br)c1. The topological polar surface area (TPSA) is 96.5 Å². The molecule has 1 amide bonds. The summed E-state index contributed by atoms with van der Waals surface area (Å²) in [7, 11) is 0. The highest BCUT2D eigenvalue weighted by Gasteiger charge is 2.18. The van der Waals surface area contributed by atoms with Crippen molar-refractivity contribution in [2.24, 2.45) is 0 Å². The Morgan fingerprint density at radius 3 is 2.70 bits per heavy atom. The van der Waals surface area contributed by atoms with Crippen LogP contribution < -0.4 is 15.6 Å². The lowest BCUT2D eigenvalue weighted by Crippen LogP contribution is -2.20. The maximum Gasteiger partial charge on any atom is 0.269 e. The molecule has 0 fully saturated rings. The molecule has 7 nitrogen and oxygen atoms in total. The summed E-state index contributed by atoms with van der Waals surface area (Å²) < 4.78 is 8.08. The molecular formula is C25H17BrN4O3. The number of nitrogens with one attached hydrogen (secondary N) is 1. The van der Waals surface area contributed by atoms with E-state index in [1.807, 2.05) is 31.2 Å². The molecule has 1 N–H and O–H groups in total. The number of anilines is 1. The van der Waals surface area contributed by atoms with Gasteiger partial charge in [-0.05, 0) is 55.0 Å². The van der Waals surface area contributed by atoms with Crippen molar-refractivity contribution in [1.82, 2.24) is 9.38 Å². The Kier molecular flexibility index (Phi) is 6.33. The molecule has 162 valence electrons. The maximum atomic E-state index is 13.3. The molecule has 2 aromatic carbocycles. The van der Waals surface area contributed by atoms with Crippen LogP contribution in [0.2, 0.25) is 0 Å². The summed E-state index contributed by atoms with van der Waals surface area (Å²) in [4.78, 5) is 30.5. The number of rotatable bonds is 5. The third kappa shape index (κ3) is 4.84. The van der Waals surface area contributed by atoms with Crippen LogP contribution in [0.1, 0.15) is 11.1 Å². The van der Waals surface area contributed by atoms with E-state index in [9.17, 15) is 14.9 Å². The molecule has 4 aromatic rings. The van der Waals surface area contributed by atoms with E-state index in [1.165, 1.54) is 10.5 Å². The number of carbonyl (C=O) groups excluding carboxylic acids is 1. The van der Waals surface area contributed by atoms with Gasteiger partial charge in [-0.25, -0.2) is 0 Å². The minimum Gasteiger partial charge on any atom is -0.438 e. The molecule has 0 aliphatic carbocycles. The second kappa shape index (κ2) is 9.51. The molecule has 0 unspecified atom stereocenters. The van der Waals surface area contributed by atoms with E-state index in [1.54, 1.807) is 54.7 Å². The average Bonchev–Trinajstić information content (AvgIpc) is 2.80. The Hall–Kier alpha value is -4.22. The molecular weight excluding hydrogens is 484 g/mol. The molecule has 2 aromatic heterocycles. The maximum absolute atomic E-state index is 13.3. The Morgan fingerprint density at radius 2 is 1.94 bits per heavy atom. The zero-order valence-corrected chi connectivity index (χ0v) is 19.0. The van der Waals surface area contributed by atoms with E-state index in [-0.39, 0.29) is 17.0 Å². The molecule has 0 radical (unpaired) electrons. The van der Waals surface area contributed by atoms with Crippen LogP contribution in [-0.2, 0) is 4.79 Å². The van der Waals surface area contributed by atoms with Gasteiger partial charge in [-0.3, -0.25) is 14.0 Å². The first-order valence-electron chi connectivity index (χ1n) is 9.90. The zero-order chi connectivity index (χ0) is 23.4. The number of benzene rings is 2. The molecule has 0 atom stereocenters. The predicted molar refractivity (Wildman–Crippen MR) is 129 cm³/mol. The number of amides is 1. The fraction of sp³-hybridized carbons (Fsp3) is 0.0400. The number of aromatic nitrogens is 2. The van der Waals surface area contributed by atoms with Crippen LogP contribution in [0.25, 0.3) is 11.7 Å². The van der Waals surface area contributed by atoms with Crippen molar-refractivity contribution in [3.8, 4) is 17.7 Å². The van der Waals surface area contributed by atoms with Gasteiger partial charge in [-0.1, -0.05) is 46.3 Å². The number of aryl methyl sites for hydroxylation is 1. The summed E-state index contributed by atoms with van der Waals surface area (Å²) in [5.41, 5.74) is 0.977. The minimum absolute atomic E-state index is 0.00325. The second-order valence-electron chi connectivity index (χ2n) is 7.07. The van der Waals surface area contributed by atoms with Gasteiger partial charge in [0.05, 0.1) is 0 Å². The fourth-order valence-electron chi connectivity index (χ4n) is 3.12. The van der Waals surface area contributed by atoms with Crippen molar-refractivity contribution in [2.75, 3.05) is 5.32 Å². The number of halogens is 1. The van der Waals surface area contributed by atoms with Gasteiger partial charge >= 0.3 is 0 Å². The van der Waals surface area contributed by atoms with Gasteiger partial charge in [0.15, 0.2) is 0 Å². The van der Waals surface area contributed by atoms with E-state index in [4.69, 9.17) is 4.74 Å². The van der Waals surface area contributed by atoms with E-state index in [0.717, 1.165) is 10.0 Å². The highest BCUT2D eigenvalue weighted by Crippen LogP contribution is 2.26. The summed E-state index contributed by atoms with van der Waals surface area (Å²) >= 11 is 3.34. The van der Waals surface area contributed by atoms with E-state index >= 15 is 0 Å². The monoisotopic (exact) mass is 500 g/mol. The molecule has 0 spiro atoms. The van der Waals surface area contributed by atoms with Crippen LogP contribution in [0.15, 0.2) is 87.8 Å². The minimum atomic E-state index is -0.657. The van der Waals surface area contributed by atoms with Crippen LogP contribution in [0.5, 0.6) is 11.6 Å². The lowest BCUT2D eigenvalue weighted by molar-refractivity contribution is -0.112. The van der Waals surface area contributed by atoms with Crippen LogP contribution >= 0.6 is 15.9 Å². The summed E-state index contributed by atoms with van der Waals surface area (Å²) in [5.74, 6) is -0.144. The molecule has 2 heterocycles. The summed E-state index contributed by atoms with van der Waals surface area (Å²) in [6.45, 7) is 1.87. The van der Waals surface area contributed by atoms with Crippen molar-refractivity contribution < 1.29 is 9.53 Å². The van der Waals surface area contributed by atoms with Crippen LogP contribution in [0.3, 0.4) is 0 Å². The standard InChI is InChI=1S/C25H17BrN4O3/c1-16-7-2-3-10-21(16)33-24-20(25(32)30-12-5-4-11-22(30)29-24)13-17(15-27)23(31)28-19-9-6-8-18(26)14-19/h2-14H,1H3,(H,28,31)/b17-13-. The molecule has 0 aliphatic heterocycles. The largest absolute Gasteiger partial charge is 0.438 e. The number of para-hydroxylation sites is 1. The van der Waals surface area contributed by atoms with Gasteiger partial charge in [0.25, 0.3) is 11.5 Å². The summed E-state index contributed by atoms with van der Waals surface area (Å²) in [6.07, 6.45) is 2.77. The quantitative estimate of drug-likeness (QED) is 0.303. The Bertz CT molecular complexity index is 1500. The van der Waals surface area contributed by atoms with Gasteiger partial charge in [-0.2, -0.15) is 10.2 Å². The number of hydrogen-bond acceptors (Lipinski definition) is 5. The summed E-state index contributed by atoms with van der Waals surface area (Å²) in [5, 5.41) is 12.3. The fourth-order valence-corrected chi connectivity index (χ4v) is 3.52. The first kappa shape index (κ1) is 22.0. The Balaban J connectivity index is 1.82. The summed E-state index contributed by atoms with van der Waals surface area (Å²) in [6, 6.07) is 21.2. The molecule has 33 heavy (non-hydrogen) atoms. The van der Waals surface area contributed by atoms with Crippen molar-refractivity contribution in [3.05, 3.63) is 104 Å². The highest BCUT2D eigenvalue weighted by molar-refractivity contribution is 9.10. The number of fused-ring (bicyclic) bond motifs is 1. The van der Waals surface area contributed by atoms with Gasteiger partial charge in [0.2, 0.25) is 5.88 Å². The van der Waals surface area contributed by atoms with Crippen molar-refractivity contribution in [3.63, 3.8) is 0 Å². The van der Waals surface area contributed by atoms with Gasteiger partial charge < -0.3 is 10.1 Å². The van der Waals surface area contributed by atoms with Crippen LogP contribution in [-0.4, -0.2) is 15.3 Å². The second-order valence-corrected chi connectivity index (χ2v) is 7.98. The first-order chi connectivity index (χ1) is 16.0. The normalized spacial score (nSPS) is 11.1. The average molecular weight is 501 g/mol. The number of nitrogens with zero attached hydrogens (tertiary/aromatic N) is 3. The molecule has 4 rings (SSSR count). The van der Waals surface area contributed by atoms with Gasteiger partial charge in [0, 0.05) is 16.4 Å². The number of hydrogen-bond donors (Lipinski definition) is 1. The molecule has 8 heteroatoms. The molecule has 0 saturated carbocycles. The number of carbonyl (C=O) groups is 1. The van der Waals surface area contributed by atoms with E-state index in [0.29, 0.717) is 17.1 Å². The zero-order valence-electron chi connectivity index (χ0n) is 17.4. The van der Waals surface area contributed by atoms with Crippen molar-refractivity contribution in [1.29, 1.82) is 5.26 Å². The smallest absolute Gasteiger partial charge is 0.269 e. The van der Waals surface area contributed by atoms with E-state index in [2.05, 4.69) is 26.2 Å². The van der Waals surface area contributed by atoms with Crippen LogP contribution in [0.4, 0.5) is 5.69 Å². The lowest BCUT2D eigenvalue weighted by Gasteiger charge is -2.12. The van der Waals surface area contributed by atoms with Gasteiger partial charge in [0.1, 0.15) is 28.6 Å². The van der Waals surface area contributed by atoms with E-state index < -0.39 is 11.5 Å². The van der Waals surface area contributed by atoms with Crippen LogP contribution in [0, 0.1) is 18.3 Å². The molecule has 0 aliphatic rings. The molecule has 0 bridgehead atoms. The lowest BCUT2D eigenvalue weighted by atomic mass is 10.1. The predicted octanol–water partition coefficient (Wildman–Crippen LogP) is 5.10. The number of pyridine rings is 1. The molecule has 0 saturated heterocycles.